The number of rotatable bonds is 5. The zero-order valence-electron chi connectivity index (χ0n) is 10.4. The molecule has 0 saturated heterocycles. The van der Waals surface area contributed by atoms with Gasteiger partial charge in [-0.3, -0.25) is 4.68 Å². The fourth-order valence-corrected chi connectivity index (χ4v) is 1.89. The van der Waals surface area contributed by atoms with Crippen LogP contribution in [0.4, 0.5) is 0 Å². The van der Waals surface area contributed by atoms with Crippen LogP contribution in [-0.2, 0) is 13.5 Å². The number of nitrogens with one attached hydrogen (secondary N) is 1. The van der Waals surface area contributed by atoms with Crippen molar-refractivity contribution in [1.29, 1.82) is 0 Å². The van der Waals surface area contributed by atoms with Crippen LogP contribution in [0.1, 0.15) is 24.1 Å². The lowest BCUT2D eigenvalue weighted by Gasteiger charge is -2.13. The van der Waals surface area contributed by atoms with Crippen LogP contribution in [0.25, 0.3) is 0 Å². The third-order valence-electron chi connectivity index (χ3n) is 2.92. The molecule has 0 aliphatic heterocycles. The zero-order valence-corrected chi connectivity index (χ0v) is 10.4. The molecule has 90 valence electrons. The van der Waals surface area contributed by atoms with Crippen LogP contribution >= 0.6 is 0 Å². The molecule has 3 heteroatoms. The number of hydrogen-bond acceptors (Lipinski definition) is 2. The summed E-state index contributed by atoms with van der Waals surface area (Å²) in [7, 11) is 1.95. The Morgan fingerprint density at radius 2 is 2.06 bits per heavy atom. The van der Waals surface area contributed by atoms with Gasteiger partial charge in [0, 0.05) is 19.3 Å². The summed E-state index contributed by atoms with van der Waals surface area (Å²) < 4.78 is 1.84. The summed E-state index contributed by atoms with van der Waals surface area (Å²) in [4.78, 5) is 0. The molecule has 0 aliphatic carbocycles. The van der Waals surface area contributed by atoms with E-state index < -0.39 is 0 Å². The molecular formula is C14H19N3. The number of aromatic nitrogens is 2. The molecule has 3 nitrogen and oxygen atoms in total. The maximum atomic E-state index is 4.16. The molecule has 0 unspecified atom stereocenters. The Kier molecular flexibility index (Phi) is 3.94. The molecule has 0 saturated carbocycles. The van der Waals surface area contributed by atoms with E-state index in [-0.39, 0.29) is 0 Å². The van der Waals surface area contributed by atoms with E-state index in [0.29, 0.717) is 6.04 Å². The summed E-state index contributed by atoms with van der Waals surface area (Å²) in [5.74, 6) is 0. The van der Waals surface area contributed by atoms with Crippen LogP contribution in [0.15, 0.2) is 42.7 Å². The van der Waals surface area contributed by atoms with Crippen LogP contribution in [0, 0.1) is 0 Å². The number of nitrogens with zero attached hydrogens (tertiary/aromatic N) is 2. The first-order valence-corrected chi connectivity index (χ1v) is 6.01. The van der Waals surface area contributed by atoms with Gasteiger partial charge in [0.1, 0.15) is 0 Å². The quantitative estimate of drug-likeness (QED) is 0.852. The maximum absolute atomic E-state index is 4.16. The van der Waals surface area contributed by atoms with Crippen molar-refractivity contribution in [2.45, 2.75) is 19.4 Å². The first kappa shape index (κ1) is 11.9. The Morgan fingerprint density at radius 1 is 1.29 bits per heavy atom. The standard InChI is InChI=1S/C14H19N3/c1-12(14-6-4-3-5-7-14)15-9-8-13-10-16-17(2)11-13/h3-7,10-12,15H,8-9H2,1-2H3/t12-/m1/s1. The van der Waals surface area contributed by atoms with E-state index in [9.17, 15) is 0 Å². The molecule has 2 aromatic rings. The second-order valence-electron chi connectivity index (χ2n) is 4.36. The summed E-state index contributed by atoms with van der Waals surface area (Å²) in [5.41, 5.74) is 2.61. The van der Waals surface area contributed by atoms with Crippen LogP contribution in [0.5, 0.6) is 0 Å². The van der Waals surface area contributed by atoms with Crippen molar-refractivity contribution in [3.05, 3.63) is 53.9 Å². The van der Waals surface area contributed by atoms with E-state index in [1.165, 1.54) is 11.1 Å². The minimum atomic E-state index is 0.396. The fraction of sp³-hybridized carbons (Fsp3) is 0.357. The monoisotopic (exact) mass is 229 g/mol. The number of hydrogen-bond donors (Lipinski definition) is 1. The first-order chi connectivity index (χ1) is 8.25. The van der Waals surface area contributed by atoms with E-state index in [0.717, 1.165) is 13.0 Å². The number of aryl methyl sites for hydroxylation is 1. The van der Waals surface area contributed by atoms with Crippen LogP contribution in [0.3, 0.4) is 0 Å². The van der Waals surface area contributed by atoms with Crippen molar-refractivity contribution in [1.82, 2.24) is 15.1 Å². The predicted octanol–water partition coefficient (Wildman–Crippen LogP) is 2.31. The third kappa shape index (κ3) is 3.43. The topological polar surface area (TPSA) is 29.9 Å². The predicted molar refractivity (Wildman–Crippen MR) is 69.8 cm³/mol. The van der Waals surface area contributed by atoms with Crippen molar-refractivity contribution in [2.75, 3.05) is 6.54 Å². The molecule has 1 aromatic heterocycles. The highest BCUT2D eigenvalue weighted by atomic mass is 15.2. The van der Waals surface area contributed by atoms with Crippen molar-refractivity contribution in [2.24, 2.45) is 7.05 Å². The van der Waals surface area contributed by atoms with Crippen LogP contribution < -0.4 is 5.32 Å². The van der Waals surface area contributed by atoms with Gasteiger partial charge in [0.25, 0.3) is 0 Å². The molecular weight excluding hydrogens is 210 g/mol. The summed E-state index contributed by atoms with van der Waals surface area (Å²) in [6, 6.07) is 10.9. The molecule has 1 atom stereocenters. The van der Waals surface area contributed by atoms with Gasteiger partial charge in [0.15, 0.2) is 0 Å². The minimum absolute atomic E-state index is 0.396. The van der Waals surface area contributed by atoms with Gasteiger partial charge in [-0.1, -0.05) is 30.3 Å². The van der Waals surface area contributed by atoms with E-state index in [2.05, 4.69) is 47.8 Å². The molecule has 1 N–H and O–H groups in total. The normalized spacial score (nSPS) is 12.6. The molecule has 0 fully saturated rings. The summed E-state index contributed by atoms with van der Waals surface area (Å²) in [6.45, 7) is 3.17. The van der Waals surface area contributed by atoms with Gasteiger partial charge < -0.3 is 5.32 Å². The van der Waals surface area contributed by atoms with Crippen LogP contribution in [0.2, 0.25) is 0 Å². The molecule has 17 heavy (non-hydrogen) atoms. The van der Waals surface area contributed by atoms with Gasteiger partial charge in [-0.25, -0.2) is 0 Å². The lowest BCUT2D eigenvalue weighted by Crippen LogP contribution is -2.21. The second-order valence-corrected chi connectivity index (χ2v) is 4.36. The lowest BCUT2D eigenvalue weighted by atomic mass is 10.1. The molecule has 0 spiro atoms. The highest BCUT2D eigenvalue weighted by molar-refractivity contribution is 5.18. The van der Waals surface area contributed by atoms with Crippen molar-refractivity contribution < 1.29 is 0 Å². The third-order valence-corrected chi connectivity index (χ3v) is 2.92. The second kappa shape index (κ2) is 5.64. The van der Waals surface area contributed by atoms with E-state index in [4.69, 9.17) is 0 Å². The van der Waals surface area contributed by atoms with Gasteiger partial charge in [-0.2, -0.15) is 5.10 Å². The largest absolute Gasteiger partial charge is 0.310 e. The Bertz CT molecular complexity index is 448. The summed E-state index contributed by atoms with van der Waals surface area (Å²) in [6.07, 6.45) is 5.01. The fourth-order valence-electron chi connectivity index (χ4n) is 1.89. The Morgan fingerprint density at radius 3 is 2.71 bits per heavy atom. The minimum Gasteiger partial charge on any atom is -0.310 e. The Labute approximate surface area is 102 Å². The van der Waals surface area contributed by atoms with Gasteiger partial charge >= 0.3 is 0 Å². The van der Waals surface area contributed by atoms with Crippen molar-refractivity contribution in [3.63, 3.8) is 0 Å². The van der Waals surface area contributed by atoms with E-state index in [1.807, 2.05) is 24.0 Å². The first-order valence-electron chi connectivity index (χ1n) is 6.01. The Hall–Kier alpha value is -1.61. The smallest absolute Gasteiger partial charge is 0.0522 e. The number of benzene rings is 1. The summed E-state index contributed by atoms with van der Waals surface area (Å²) >= 11 is 0. The van der Waals surface area contributed by atoms with Gasteiger partial charge in [0.05, 0.1) is 6.20 Å². The molecule has 1 heterocycles. The van der Waals surface area contributed by atoms with Crippen LogP contribution in [-0.4, -0.2) is 16.3 Å². The molecule has 0 radical (unpaired) electrons. The molecule has 0 amide bonds. The molecule has 1 aromatic carbocycles. The highest BCUT2D eigenvalue weighted by Crippen LogP contribution is 2.10. The molecule has 2 rings (SSSR count). The average Bonchev–Trinajstić information content (AvgIpc) is 2.76. The van der Waals surface area contributed by atoms with Gasteiger partial charge in [-0.05, 0) is 31.0 Å². The van der Waals surface area contributed by atoms with Gasteiger partial charge in [0.2, 0.25) is 0 Å². The van der Waals surface area contributed by atoms with Crippen molar-refractivity contribution in [3.8, 4) is 0 Å². The highest BCUT2D eigenvalue weighted by Gasteiger charge is 2.03. The molecule has 0 bridgehead atoms. The van der Waals surface area contributed by atoms with Gasteiger partial charge in [-0.15, -0.1) is 0 Å². The Balaban J connectivity index is 1.79. The van der Waals surface area contributed by atoms with E-state index in [1.54, 1.807) is 0 Å². The lowest BCUT2D eigenvalue weighted by molar-refractivity contribution is 0.577. The van der Waals surface area contributed by atoms with E-state index >= 15 is 0 Å². The SMILES string of the molecule is C[C@@H](NCCc1cnn(C)c1)c1ccccc1. The summed E-state index contributed by atoms with van der Waals surface area (Å²) in [5, 5.41) is 7.68. The average molecular weight is 229 g/mol. The van der Waals surface area contributed by atoms with Crippen molar-refractivity contribution >= 4 is 0 Å². The molecule has 0 aliphatic rings. The zero-order chi connectivity index (χ0) is 12.1. The maximum Gasteiger partial charge on any atom is 0.0522 e.